The molecule has 1 fully saturated rings. The zero-order valence-electron chi connectivity index (χ0n) is 12.9. The van der Waals surface area contributed by atoms with E-state index in [0.717, 1.165) is 0 Å². The minimum absolute atomic E-state index is 0.161. The molecule has 0 spiro atoms. The summed E-state index contributed by atoms with van der Waals surface area (Å²) in [6.45, 7) is 9.14. The number of benzene rings is 1. The van der Waals surface area contributed by atoms with E-state index in [4.69, 9.17) is 0 Å². The van der Waals surface area contributed by atoms with Crippen molar-refractivity contribution in [2.75, 3.05) is 11.5 Å². The van der Waals surface area contributed by atoms with Gasteiger partial charge in [0.15, 0.2) is 0 Å². The van der Waals surface area contributed by atoms with Gasteiger partial charge in [-0.2, -0.15) is 11.8 Å². The molecule has 0 bridgehead atoms. The second kappa shape index (κ2) is 6.48. The molecular weight excluding hydrogens is 269 g/mol. The van der Waals surface area contributed by atoms with Crippen LogP contribution in [0.3, 0.4) is 0 Å². The predicted molar refractivity (Wildman–Crippen MR) is 86.6 cm³/mol. The second-order valence-corrected chi connectivity index (χ2v) is 8.05. The van der Waals surface area contributed by atoms with Crippen LogP contribution in [0, 0.1) is 17.2 Å². The van der Waals surface area contributed by atoms with Crippen molar-refractivity contribution in [3.8, 4) is 0 Å². The van der Waals surface area contributed by atoms with Crippen LogP contribution in [-0.4, -0.2) is 17.5 Å². The zero-order valence-corrected chi connectivity index (χ0v) is 13.8. The fourth-order valence-corrected chi connectivity index (χ4v) is 4.25. The summed E-state index contributed by atoms with van der Waals surface area (Å²) in [4.78, 5) is 0. The van der Waals surface area contributed by atoms with Crippen LogP contribution in [0.25, 0.3) is 0 Å². The van der Waals surface area contributed by atoms with Crippen LogP contribution in [0.1, 0.15) is 45.7 Å². The summed E-state index contributed by atoms with van der Waals surface area (Å²) < 4.78 is 13.1. The molecule has 112 valence electrons. The molecule has 1 aliphatic rings. The van der Waals surface area contributed by atoms with Gasteiger partial charge < -0.3 is 5.32 Å². The molecule has 1 aliphatic heterocycles. The number of hydrogen-bond acceptors (Lipinski definition) is 2. The van der Waals surface area contributed by atoms with Crippen molar-refractivity contribution in [2.45, 2.75) is 46.2 Å². The van der Waals surface area contributed by atoms with E-state index in [0.29, 0.717) is 23.4 Å². The maximum atomic E-state index is 13.1. The Labute approximate surface area is 126 Å². The molecule has 0 aliphatic carbocycles. The van der Waals surface area contributed by atoms with Crippen molar-refractivity contribution < 1.29 is 4.39 Å². The Bertz CT molecular complexity index is 427. The highest BCUT2D eigenvalue weighted by Gasteiger charge is 2.30. The summed E-state index contributed by atoms with van der Waals surface area (Å²) >= 11 is 2.04. The molecule has 2 rings (SSSR count). The highest BCUT2D eigenvalue weighted by molar-refractivity contribution is 7.99. The van der Waals surface area contributed by atoms with Crippen molar-refractivity contribution in [2.24, 2.45) is 11.3 Å². The lowest BCUT2D eigenvalue weighted by Crippen LogP contribution is -2.43. The van der Waals surface area contributed by atoms with Gasteiger partial charge >= 0.3 is 0 Å². The molecule has 1 N–H and O–H groups in total. The molecule has 20 heavy (non-hydrogen) atoms. The number of hydrogen-bond donors (Lipinski definition) is 1. The Balaban J connectivity index is 2.08. The third-order valence-electron chi connectivity index (χ3n) is 3.92. The van der Waals surface area contributed by atoms with E-state index in [1.807, 2.05) is 23.9 Å². The SMILES string of the molecule is CC(C)C(NC1CSCC(C)(C)C1)c1ccc(F)cc1. The molecule has 3 heteroatoms. The monoisotopic (exact) mass is 295 g/mol. The van der Waals surface area contributed by atoms with Crippen LogP contribution >= 0.6 is 11.8 Å². The molecule has 0 aromatic heterocycles. The molecule has 2 atom stereocenters. The Morgan fingerprint density at radius 1 is 1.25 bits per heavy atom. The van der Waals surface area contributed by atoms with Gasteiger partial charge in [-0.15, -0.1) is 0 Å². The average molecular weight is 295 g/mol. The number of thioether (sulfide) groups is 1. The van der Waals surface area contributed by atoms with E-state index in [-0.39, 0.29) is 5.82 Å². The van der Waals surface area contributed by atoms with Crippen molar-refractivity contribution >= 4 is 11.8 Å². The standard InChI is InChI=1S/C17H26FNS/c1-12(2)16(13-5-7-14(18)8-6-13)19-15-9-17(3,4)11-20-10-15/h5-8,12,15-16,19H,9-11H2,1-4H3. The van der Waals surface area contributed by atoms with E-state index in [1.165, 1.54) is 23.5 Å². The predicted octanol–water partition coefficient (Wildman–Crippen LogP) is 4.64. The topological polar surface area (TPSA) is 12.0 Å². The molecule has 0 saturated carbocycles. The minimum atomic E-state index is -0.161. The molecule has 2 unspecified atom stereocenters. The summed E-state index contributed by atoms with van der Waals surface area (Å²) in [5, 5.41) is 3.80. The highest BCUT2D eigenvalue weighted by Crippen LogP contribution is 2.35. The molecule has 1 saturated heterocycles. The average Bonchev–Trinajstić information content (AvgIpc) is 2.36. The first kappa shape index (κ1) is 15.8. The lowest BCUT2D eigenvalue weighted by Gasteiger charge is -2.38. The number of rotatable bonds is 4. The molecule has 0 amide bonds. The van der Waals surface area contributed by atoms with Crippen molar-refractivity contribution in [3.05, 3.63) is 35.6 Å². The minimum Gasteiger partial charge on any atom is -0.306 e. The normalized spacial score (nSPS) is 23.8. The Morgan fingerprint density at radius 3 is 2.45 bits per heavy atom. The number of halogens is 1. The smallest absolute Gasteiger partial charge is 0.123 e. The van der Waals surface area contributed by atoms with Gasteiger partial charge in [0.25, 0.3) is 0 Å². The highest BCUT2D eigenvalue weighted by atomic mass is 32.2. The Hall–Kier alpha value is -0.540. The van der Waals surface area contributed by atoms with Crippen LogP contribution in [0.15, 0.2) is 24.3 Å². The third-order valence-corrected chi connectivity index (χ3v) is 5.55. The molecule has 1 heterocycles. The lowest BCUT2D eigenvalue weighted by atomic mass is 9.86. The Kier molecular flexibility index (Phi) is 5.14. The van der Waals surface area contributed by atoms with Crippen LogP contribution in [0.5, 0.6) is 0 Å². The summed E-state index contributed by atoms with van der Waals surface area (Å²) in [6.07, 6.45) is 1.21. The van der Waals surface area contributed by atoms with Crippen molar-refractivity contribution in [1.29, 1.82) is 0 Å². The van der Waals surface area contributed by atoms with E-state index in [1.54, 1.807) is 12.1 Å². The first-order chi connectivity index (χ1) is 9.37. The van der Waals surface area contributed by atoms with Crippen LogP contribution in [0.2, 0.25) is 0 Å². The van der Waals surface area contributed by atoms with Gasteiger partial charge in [0.05, 0.1) is 0 Å². The molecule has 1 aromatic carbocycles. The van der Waals surface area contributed by atoms with Gasteiger partial charge in [-0.1, -0.05) is 39.8 Å². The Morgan fingerprint density at radius 2 is 1.90 bits per heavy atom. The largest absolute Gasteiger partial charge is 0.306 e. The summed E-state index contributed by atoms with van der Waals surface area (Å²) in [5.74, 6) is 2.75. The summed E-state index contributed by atoms with van der Waals surface area (Å²) in [6, 6.07) is 7.79. The van der Waals surface area contributed by atoms with Crippen molar-refractivity contribution in [3.63, 3.8) is 0 Å². The third kappa shape index (κ3) is 4.23. The van der Waals surface area contributed by atoms with E-state index >= 15 is 0 Å². The van der Waals surface area contributed by atoms with Gasteiger partial charge in [-0.3, -0.25) is 0 Å². The van der Waals surface area contributed by atoms with Gasteiger partial charge in [-0.25, -0.2) is 4.39 Å². The fourth-order valence-electron chi connectivity index (χ4n) is 2.97. The fraction of sp³-hybridized carbons (Fsp3) is 0.647. The van der Waals surface area contributed by atoms with Crippen LogP contribution in [0.4, 0.5) is 4.39 Å². The van der Waals surface area contributed by atoms with Gasteiger partial charge in [-0.05, 0) is 41.2 Å². The zero-order chi connectivity index (χ0) is 14.8. The van der Waals surface area contributed by atoms with Gasteiger partial charge in [0.2, 0.25) is 0 Å². The molecule has 1 nitrogen and oxygen atoms in total. The van der Waals surface area contributed by atoms with E-state index in [2.05, 4.69) is 33.0 Å². The first-order valence-electron chi connectivity index (χ1n) is 7.47. The summed E-state index contributed by atoms with van der Waals surface area (Å²) in [7, 11) is 0. The first-order valence-corrected chi connectivity index (χ1v) is 8.62. The van der Waals surface area contributed by atoms with E-state index in [9.17, 15) is 4.39 Å². The quantitative estimate of drug-likeness (QED) is 0.868. The van der Waals surface area contributed by atoms with Crippen LogP contribution in [-0.2, 0) is 0 Å². The van der Waals surface area contributed by atoms with E-state index < -0.39 is 0 Å². The second-order valence-electron chi connectivity index (χ2n) is 7.02. The lowest BCUT2D eigenvalue weighted by molar-refractivity contribution is 0.279. The van der Waals surface area contributed by atoms with Crippen molar-refractivity contribution in [1.82, 2.24) is 5.32 Å². The maximum absolute atomic E-state index is 13.1. The maximum Gasteiger partial charge on any atom is 0.123 e. The van der Waals surface area contributed by atoms with Gasteiger partial charge in [0, 0.05) is 17.8 Å². The molecule has 1 aromatic rings. The number of nitrogens with one attached hydrogen (secondary N) is 1. The molecule has 0 radical (unpaired) electrons. The van der Waals surface area contributed by atoms with Crippen LogP contribution < -0.4 is 5.32 Å². The summed E-state index contributed by atoms with van der Waals surface area (Å²) in [5.41, 5.74) is 1.60. The van der Waals surface area contributed by atoms with Gasteiger partial charge in [0.1, 0.15) is 5.82 Å². The molecular formula is C17H26FNS.